The molecule has 9 heteroatoms. The Morgan fingerprint density at radius 1 is 0.957 bits per heavy atom. The first-order valence-electron chi connectivity index (χ1n) is 6.55. The van der Waals surface area contributed by atoms with E-state index in [1.165, 1.54) is 30.3 Å². The molecule has 0 spiro atoms. The molecule has 0 radical (unpaired) electrons. The second-order valence-electron chi connectivity index (χ2n) is 4.79. The molecule has 0 aliphatic rings. The molecule has 0 saturated carbocycles. The van der Waals surface area contributed by atoms with Crippen LogP contribution in [0.25, 0.3) is 0 Å². The minimum atomic E-state index is -3.98. The van der Waals surface area contributed by atoms with Gasteiger partial charge in [0.1, 0.15) is 5.82 Å². The first-order valence-corrected chi connectivity index (χ1v) is 9.58. The van der Waals surface area contributed by atoms with Crippen LogP contribution in [0.1, 0.15) is 5.56 Å². The van der Waals surface area contributed by atoms with Crippen molar-refractivity contribution in [3.8, 4) is 0 Å². The maximum Gasteiger partial charge on any atom is 0.240 e. The number of nitrogens with one attached hydrogen (secondary N) is 1. The molecule has 0 aliphatic heterocycles. The van der Waals surface area contributed by atoms with Crippen molar-refractivity contribution in [1.29, 1.82) is 0 Å². The summed E-state index contributed by atoms with van der Waals surface area (Å²) in [6.07, 6.45) is 0.369. The molecule has 0 fully saturated rings. The highest BCUT2D eigenvalue weighted by Crippen LogP contribution is 2.14. The van der Waals surface area contributed by atoms with E-state index in [-0.39, 0.29) is 22.2 Å². The summed E-state index contributed by atoms with van der Waals surface area (Å²) in [4.78, 5) is -0.470. The average molecular weight is 358 g/mol. The second-order valence-corrected chi connectivity index (χ2v) is 8.12. The third kappa shape index (κ3) is 4.83. The fraction of sp³-hybridized carbons (Fsp3) is 0.143. The van der Waals surface area contributed by atoms with E-state index >= 15 is 0 Å². The van der Waals surface area contributed by atoms with Crippen LogP contribution < -0.4 is 9.86 Å². The molecule has 0 aliphatic carbocycles. The van der Waals surface area contributed by atoms with Crippen molar-refractivity contribution in [2.45, 2.75) is 16.2 Å². The fourth-order valence-electron chi connectivity index (χ4n) is 1.88. The van der Waals surface area contributed by atoms with Crippen LogP contribution in [0, 0.1) is 5.82 Å². The van der Waals surface area contributed by atoms with Crippen LogP contribution >= 0.6 is 0 Å². The van der Waals surface area contributed by atoms with Crippen LogP contribution in [-0.2, 0) is 26.5 Å². The quantitative estimate of drug-likeness (QED) is 0.803. The van der Waals surface area contributed by atoms with Gasteiger partial charge in [0.2, 0.25) is 20.0 Å². The summed E-state index contributed by atoms with van der Waals surface area (Å²) in [7, 11) is -7.85. The molecule has 0 aromatic heterocycles. The van der Waals surface area contributed by atoms with Gasteiger partial charge in [0.05, 0.1) is 9.79 Å². The summed E-state index contributed by atoms with van der Waals surface area (Å²) in [5, 5.41) is 4.98. The Hall–Kier alpha value is -1.81. The lowest BCUT2D eigenvalue weighted by Crippen LogP contribution is -2.26. The van der Waals surface area contributed by atoms with Crippen molar-refractivity contribution in [2.24, 2.45) is 5.14 Å². The molecule has 6 nitrogen and oxygen atoms in total. The number of sulfonamides is 2. The van der Waals surface area contributed by atoms with Crippen molar-refractivity contribution >= 4 is 20.0 Å². The second kappa shape index (κ2) is 6.75. The zero-order valence-corrected chi connectivity index (χ0v) is 13.6. The minimum Gasteiger partial charge on any atom is -0.225 e. The highest BCUT2D eigenvalue weighted by atomic mass is 32.2. The molecular weight excluding hydrogens is 343 g/mol. The van der Waals surface area contributed by atoms with Crippen molar-refractivity contribution < 1.29 is 21.2 Å². The number of primary sulfonamides is 1. The van der Waals surface area contributed by atoms with E-state index in [0.717, 1.165) is 11.6 Å². The molecule has 3 N–H and O–H groups in total. The molecule has 0 bridgehead atoms. The Balaban J connectivity index is 2.08. The Bertz CT molecular complexity index is 895. The summed E-state index contributed by atoms with van der Waals surface area (Å²) in [5.74, 6) is -0.367. The van der Waals surface area contributed by atoms with Crippen LogP contribution in [0.3, 0.4) is 0 Å². The molecule has 2 aromatic carbocycles. The van der Waals surface area contributed by atoms with E-state index < -0.39 is 20.0 Å². The standard InChI is InChI=1S/C14H15FN2O4S2/c15-12-6-4-11(5-7-12)8-9-17-23(20,21)14-3-1-2-13(10-14)22(16,18)19/h1-7,10,17H,8-9H2,(H2,16,18,19). The lowest BCUT2D eigenvalue weighted by atomic mass is 10.1. The van der Waals surface area contributed by atoms with Crippen LogP contribution in [0.15, 0.2) is 58.3 Å². The number of hydrogen-bond donors (Lipinski definition) is 2. The molecule has 0 amide bonds. The molecule has 0 unspecified atom stereocenters. The monoisotopic (exact) mass is 358 g/mol. The summed E-state index contributed by atoms with van der Waals surface area (Å²) in [5.41, 5.74) is 0.771. The van der Waals surface area contributed by atoms with E-state index in [0.29, 0.717) is 6.42 Å². The lowest BCUT2D eigenvalue weighted by Gasteiger charge is -2.08. The van der Waals surface area contributed by atoms with Gasteiger partial charge in [0, 0.05) is 6.54 Å². The average Bonchev–Trinajstić information content (AvgIpc) is 2.48. The Morgan fingerprint density at radius 2 is 1.57 bits per heavy atom. The van der Waals surface area contributed by atoms with Gasteiger partial charge in [-0.05, 0) is 42.3 Å². The molecular formula is C14H15FN2O4S2. The number of hydrogen-bond acceptors (Lipinski definition) is 4. The van der Waals surface area contributed by atoms with Gasteiger partial charge in [-0.15, -0.1) is 0 Å². The van der Waals surface area contributed by atoms with Crippen molar-refractivity contribution in [1.82, 2.24) is 4.72 Å². The van der Waals surface area contributed by atoms with Crippen LogP contribution in [-0.4, -0.2) is 23.4 Å². The van der Waals surface area contributed by atoms with Crippen molar-refractivity contribution in [2.75, 3.05) is 6.54 Å². The molecule has 0 atom stereocenters. The van der Waals surface area contributed by atoms with Gasteiger partial charge in [-0.2, -0.15) is 0 Å². The zero-order valence-electron chi connectivity index (χ0n) is 11.9. The molecule has 124 valence electrons. The van der Waals surface area contributed by atoms with Gasteiger partial charge in [0.25, 0.3) is 0 Å². The Labute approximate surface area is 134 Å². The summed E-state index contributed by atoms with van der Waals surface area (Å²) < 4.78 is 62.0. The van der Waals surface area contributed by atoms with Gasteiger partial charge < -0.3 is 0 Å². The zero-order chi connectivity index (χ0) is 17.1. The van der Waals surface area contributed by atoms with Crippen LogP contribution in [0.4, 0.5) is 4.39 Å². The highest BCUT2D eigenvalue weighted by Gasteiger charge is 2.16. The van der Waals surface area contributed by atoms with Crippen LogP contribution in [0.2, 0.25) is 0 Å². The third-order valence-electron chi connectivity index (χ3n) is 3.06. The number of rotatable bonds is 6. The Morgan fingerprint density at radius 3 is 2.17 bits per heavy atom. The van der Waals surface area contributed by atoms with Crippen molar-refractivity contribution in [3.63, 3.8) is 0 Å². The summed E-state index contributed by atoms with van der Waals surface area (Å²) in [6, 6.07) is 10.5. The lowest BCUT2D eigenvalue weighted by molar-refractivity contribution is 0.581. The molecule has 0 saturated heterocycles. The molecule has 2 rings (SSSR count). The van der Waals surface area contributed by atoms with E-state index in [1.54, 1.807) is 12.1 Å². The van der Waals surface area contributed by atoms with E-state index in [1.807, 2.05) is 0 Å². The smallest absolute Gasteiger partial charge is 0.225 e. The van der Waals surface area contributed by atoms with Gasteiger partial charge in [0.15, 0.2) is 0 Å². The Kier molecular flexibility index (Phi) is 5.15. The molecule has 0 heterocycles. The van der Waals surface area contributed by atoms with E-state index in [4.69, 9.17) is 5.14 Å². The summed E-state index contributed by atoms with van der Waals surface area (Å²) in [6.45, 7) is 0.0908. The SMILES string of the molecule is NS(=O)(=O)c1cccc(S(=O)(=O)NCCc2ccc(F)cc2)c1. The maximum absolute atomic E-state index is 12.8. The van der Waals surface area contributed by atoms with Gasteiger partial charge in [-0.3, -0.25) is 0 Å². The number of halogens is 1. The largest absolute Gasteiger partial charge is 0.240 e. The molecule has 23 heavy (non-hydrogen) atoms. The van der Waals surface area contributed by atoms with E-state index in [2.05, 4.69) is 4.72 Å². The van der Waals surface area contributed by atoms with Crippen LogP contribution in [0.5, 0.6) is 0 Å². The maximum atomic E-state index is 12.8. The van der Waals surface area contributed by atoms with Gasteiger partial charge in [-0.25, -0.2) is 31.1 Å². The van der Waals surface area contributed by atoms with Gasteiger partial charge >= 0.3 is 0 Å². The minimum absolute atomic E-state index is 0.0908. The van der Waals surface area contributed by atoms with Gasteiger partial charge in [-0.1, -0.05) is 18.2 Å². The van der Waals surface area contributed by atoms with Crippen molar-refractivity contribution in [3.05, 3.63) is 59.9 Å². The number of nitrogens with two attached hydrogens (primary N) is 1. The predicted molar refractivity (Wildman–Crippen MR) is 83.1 cm³/mol. The number of benzene rings is 2. The first-order chi connectivity index (χ1) is 10.7. The normalized spacial score (nSPS) is 12.3. The third-order valence-corrected chi connectivity index (χ3v) is 5.43. The fourth-order valence-corrected chi connectivity index (χ4v) is 3.59. The summed E-state index contributed by atoms with van der Waals surface area (Å²) >= 11 is 0. The molecule has 2 aromatic rings. The topological polar surface area (TPSA) is 106 Å². The van der Waals surface area contributed by atoms with E-state index in [9.17, 15) is 21.2 Å². The highest BCUT2D eigenvalue weighted by molar-refractivity contribution is 7.90. The first kappa shape index (κ1) is 17.5. The predicted octanol–water partition coefficient (Wildman–Crippen LogP) is 0.994.